The Morgan fingerprint density at radius 2 is 2.08 bits per heavy atom. The number of esters is 1. The molecule has 0 aromatic rings. The van der Waals surface area contributed by atoms with Gasteiger partial charge in [-0.3, -0.25) is 0 Å². The standard InChI is InChI=1S/C20H26O5/c1-12-6-4-8-13(2)17(22)18-15(14(3)19(23)24-18)10-16-20(11-21,25-16)9-5-7-12/h7-8,11,15-18,22H,3-6,9-10H2,1-2H3/b12-7-,13-8-/t15-,16-,17-,18-,20+/m1/s1. The Labute approximate surface area is 148 Å². The van der Waals surface area contributed by atoms with Gasteiger partial charge in [-0.1, -0.05) is 24.3 Å². The number of rotatable bonds is 1. The van der Waals surface area contributed by atoms with Crippen molar-refractivity contribution in [3.63, 3.8) is 0 Å². The second-order valence-electron chi connectivity index (χ2n) is 7.44. The van der Waals surface area contributed by atoms with Gasteiger partial charge in [-0.25, -0.2) is 4.79 Å². The van der Waals surface area contributed by atoms with Crippen molar-refractivity contribution in [2.24, 2.45) is 5.92 Å². The van der Waals surface area contributed by atoms with Gasteiger partial charge in [0.15, 0.2) is 6.29 Å². The number of hydrogen-bond donors (Lipinski definition) is 1. The molecule has 0 aromatic heterocycles. The molecule has 0 bridgehead atoms. The van der Waals surface area contributed by atoms with Crippen molar-refractivity contribution in [1.82, 2.24) is 0 Å². The highest BCUT2D eigenvalue weighted by Crippen LogP contribution is 2.46. The summed E-state index contributed by atoms with van der Waals surface area (Å²) in [5.74, 6) is -0.807. The fourth-order valence-corrected chi connectivity index (χ4v) is 3.84. The quantitative estimate of drug-likeness (QED) is 0.260. The molecule has 2 aliphatic heterocycles. The summed E-state index contributed by atoms with van der Waals surface area (Å²) in [7, 11) is 0. The first-order valence-corrected chi connectivity index (χ1v) is 8.92. The number of ether oxygens (including phenoxy) is 2. The normalized spacial score (nSPS) is 43.5. The zero-order chi connectivity index (χ0) is 18.2. The van der Waals surface area contributed by atoms with E-state index in [0.717, 1.165) is 31.1 Å². The average molecular weight is 346 g/mol. The summed E-state index contributed by atoms with van der Waals surface area (Å²) in [5, 5.41) is 10.7. The summed E-state index contributed by atoms with van der Waals surface area (Å²) in [6.45, 7) is 7.76. The molecule has 2 fully saturated rings. The maximum absolute atomic E-state index is 12.0. The first kappa shape index (κ1) is 18.1. The van der Waals surface area contributed by atoms with E-state index in [9.17, 15) is 14.7 Å². The van der Waals surface area contributed by atoms with E-state index in [4.69, 9.17) is 9.47 Å². The second-order valence-corrected chi connectivity index (χ2v) is 7.44. The van der Waals surface area contributed by atoms with Crippen LogP contribution < -0.4 is 0 Å². The first-order chi connectivity index (χ1) is 11.9. The molecule has 1 N–H and O–H groups in total. The number of epoxide rings is 1. The van der Waals surface area contributed by atoms with E-state index >= 15 is 0 Å². The van der Waals surface area contributed by atoms with Gasteiger partial charge in [0.1, 0.15) is 17.8 Å². The third-order valence-electron chi connectivity index (χ3n) is 5.68. The summed E-state index contributed by atoms with van der Waals surface area (Å²) in [5.41, 5.74) is 1.64. The lowest BCUT2D eigenvalue weighted by Crippen LogP contribution is -2.34. The van der Waals surface area contributed by atoms with Gasteiger partial charge in [0.25, 0.3) is 0 Å². The smallest absolute Gasteiger partial charge is 0.334 e. The molecule has 5 nitrogen and oxygen atoms in total. The molecule has 2 heterocycles. The number of hydrogen-bond acceptors (Lipinski definition) is 5. The van der Waals surface area contributed by atoms with Crippen molar-refractivity contribution >= 4 is 12.3 Å². The van der Waals surface area contributed by atoms with Crippen LogP contribution in [0, 0.1) is 5.92 Å². The molecule has 0 spiro atoms. The van der Waals surface area contributed by atoms with Crippen molar-refractivity contribution in [2.75, 3.05) is 0 Å². The molecule has 0 aromatic carbocycles. The Bertz CT molecular complexity index is 646. The van der Waals surface area contributed by atoms with Crippen molar-refractivity contribution in [3.8, 4) is 0 Å². The number of aldehydes is 1. The van der Waals surface area contributed by atoms with Crippen LogP contribution >= 0.6 is 0 Å². The maximum atomic E-state index is 12.0. The largest absolute Gasteiger partial charge is 0.455 e. The maximum Gasteiger partial charge on any atom is 0.334 e. The third-order valence-corrected chi connectivity index (χ3v) is 5.68. The molecule has 3 aliphatic rings. The Balaban J connectivity index is 1.87. The highest BCUT2D eigenvalue weighted by Gasteiger charge is 2.58. The molecule has 3 rings (SSSR count). The lowest BCUT2D eigenvalue weighted by Gasteiger charge is -2.23. The molecule has 0 unspecified atom stereocenters. The summed E-state index contributed by atoms with van der Waals surface area (Å²) in [6.07, 6.45) is 6.84. The van der Waals surface area contributed by atoms with Crippen molar-refractivity contribution in [1.29, 1.82) is 0 Å². The van der Waals surface area contributed by atoms with Crippen LogP contribution in [0.25, 0.3) is 0 Å². The molecule has 0 saturated carbocycles. The number of aliphatic hydroxyl groups is 1. The molecule has 136 valence electrons. The van der Waals surface area contributed by atoms with Crippen LogP contribution in [0.1, 0.15) is 46.0 Å². The van der Waals surface area contributed by atoms with Crippen molar-refractivity contribution < 1.29 is 24.2 Å². The van der Waals surface area contributed by atoms with Gasteiger partial charge in [-0.2, -0.15) is 0 Å². The molecule has 5 atom stereocenters. The van der Waals surface area contributed by atoms with E-state index in [0.29, 0.717) is 18.4 Å². The third kappa shape index (κ3) is 3.48. The molecule has 0 amide bonds. The van der Waals surface area contributed by atoms with E-state index in [1.54, 1.807) is 0 Å². The zero-order valence-corrected chi connectivity index (χ0v) is 14.9. The van der Waals surface area contributed by atoms with Crippen molar-refractivity contribution in [3.05, 3.63) is 35.5 Å². The molecule has 5 heteroatoms. The monoisotopic (exact) mass is 346 g/mol. The lowest BCUT2D eigenvalue weighted by atomic mass is 9.84. The fraction of sp³-hybridized carbons (Fsp3) is 0.600. The number of fused-ring (bicyclic) bond motifs is 2. The van der Waals surface area contributed by atoms with Crippen LogP contribution in [0.3, 0.4) is 0 Å². The summed E-state index contributed by atoms with van der Waals surface area (Å²) >= 11 is 0. The second kappa shape index (κ2) is 6.89. The van der Waals surface area contributed by atoms with E-state index in [-0.39, 0.29) is 12.0 Å². The molecule has 0 radical (unpaired) electrons. The zero-order valence-electron chi connectivity index (χ0n) is 14.9. The summed E-state index contributed by atoms with van der Waals surface area (Å²) in [6, 6.07) is 0. The lowest BCUT2D eigenvalue weighted by molar-refractivity contribution is -0.143. The van der Waals surface area contributed by atoms with Crippen LogP contribution in [-0.4, -0.2) is 41.3 Å². The van der Waals surface area contributed by atoms with Gasteiger partial charge in [0.05, 0.1) is 6.10 Å². The van der Waals surface area contributed by atoms with Crippen molar-refractivity contribution in [2.45, 2.75) is 69.9 Å². The Morgan fingerprint density at radius 3 is 2.80 bits per heavy atom. The molecule has 2 saturated heterocycles. The van der Waals surface area contributed by atoms with Crippen LogP contribution in [-0.2, 0) is 19.1 Å². The predicted molar refractivity (Wildman–Crippen MR) is 92.8 cm³/mol. The van der Waals surface area contributed by atoms with Crippen LogP contribution in [0.2, 0.25) is 0 Å². The molecule has 25 heavy (non-hydrogen) atoms. The highest BCUT2D eigenvalue weighted by molar-refractivity contribution is 5.91. The first-order valence-electron chi connectivity index (χ1n) is 8.92. The Morgan fingerprint density at radius 1 is 1.32 bits per heavy atom. The van der Waals surface area contributed by atoms with Crippen LogP contribution in [0.5, 0.6) is 0 Å². The Hall–Kier alpha value is -1.72. The molecule has 1 aliphatic carbocycles. The van der Waals surface area contributed by atoms with E-state index in [1.165, 1.54) is 5.57 Å². The Kier molecular flexibility index (Phi) is 4.98. The topological polar surface area (TPSA) is 76.1 Å². The van der Waals surface area contributed by atoms with Gasteiger partial charge in [0, 0.05) is 11.5 Å². The minimum absolute atomic E-state index is 0.253. The molecular formula is C20H26O5. The van der Waals surface area contributed by atoms with E-state index in [2.05, 4.69) is 19.6 Å². The summed E-state index contributed by atoms with van der Waals surface area (Å²) in [4.78, 5) is 23.6. The van der Waals surface area contributed by atoms with Crippen LogP contribution in [0.4, 0.5) is 0 Å². The highest BCUT2D eigenvalue weighted by atomic mass is 16.6. The van der Waals surface area contributed by atoms with E-state index < -0.39 is 23.8 Å². The minimum Gasteiger partial charge on any atom is -0.455 e. The number of carbonyl (C=O) groups excluding carboxylic acids is 2. The predicted octanol–water partition coefficient (Wildman–Crippen LogP) is 2.64. The summed E-state index contributed by atoms with van der Waals surface area (Å²) < 4.78 is 11.1. The van der Waals surface area contributed by atoms with Gasteiger partial charge in [-0.05, 0) is 51.5 Å². The van der Waals surface area contributed by atoms with E-state index in [1.807, 2.05) is 13.0 Å². The van der Waals surface area contributed by atoms with Gasteiger partial charge >= 0.3 is 5.97 Å². The SMILES string of the molecule is C=C1C(=O)O[C@@H]2[C@@H]1C[C@H]1O[C@]1(C=O)CC/C=C(/C)CC/C=C(/C)[C@H]2O. The average Bonchev–Trinajstić information content (AvgIpc) is 3.20. The number of allylic oxidation sites excluding steroid dienone is 3. The van der Waals surface area contributed by atoms with Gasteiger partial charge in [-0.15, -0.1) is 0 Å². The fourth-order valence-electron chi connectivity index (χ4n) is 3.84. The molecular weight excluding hydrogens is 320 g/mol. The van der Waals surface area contributed by atoms with Gasteiger partial charge in [0.2, 0.25) is 0 Å². The number of carbonyl (C=O) groups is 2. The van der Waals surface area contributed by atoms with Crippen LogP contribution in [0.15, 0.2) is 35.5 Å². The minimum atomic E-state index is -0.871. The van der Waals surface area contributed by atoms with Gasteiger partial charge < -0.3 is 19.4 Å². The number of aliphatic hydroxyl groups excluding tert-OH is 1.